The lowest BCUT2D eigenvalue weighted by atomic mass is 9.93. The maximum absolute atomic E-state index is 13.6. The Balaban J connectivity index is 0.00000188. The average molecular weight is 625 g/mol. The van der Waals surface area contributed by atoms with E-state index in [0.717, 1.165) is 24.2 Å². The van der Waals surface area contributed by atoms with Crippen LogP contribution in [0.3, 0.4) is 0 Å². The molecule has 6 rings (SSSR count). The van der Waals surface area contributed by atoms with Crippen LogP contribution in [0.15, 0.2) is 36.8 Å². The number of rotatable bonds is 5. The summed E-state index contributed by atoms with van der Waals surface area (Å²) in [6, 6.07) is 5.87. The van der Waals surface area contributed by atoms with Gasteiger partial charge in [-0.3, -0.25) is 9.69 Å². The lowest BCUT2D eigenvalue weighted by Crippen LogP contribution is -2.58. The van der Waals surface area contributed by atoms with Crippen molar-refractivity contribution in [2.45, 2.75) is 78.0 Å². The van der Waals surface area contributed by atoms with Crippen molar-refractivity contribution in [2.24, 2.45) is 5.92 Å². The van der Waals surface area contributed by atoms with Crippen LogP contribution in [0.4, 0.5) is 16.6 Å². The van der Waals surface area contributed by atoms with Gasteiger partial charge in [-0.25, -0.2) is 14.8 Å². The molecule has 11 nitrogen and oxygen atoms in total. The van der Waals surface area contributed by atoms with E-state index < -0.39 is 11.1 Å². The SMILES string of the molecule is CC.CN(C(=O)C1CN(c2nc(N3CCN(C(=O)OC(C)(C)C)C4(CC4)C3)ncc2Cl)C1)C(C)(C)c1cnc2ccccn12. The van der Waals surface area contributed by atoms with Gasteiger partial charge in [0.05, 0.1) is 35.1 Å². The maximum atomic E-state index is 13.6. The predicted molar refractivity (Wildman–Crippen MR) is 172 cm³/mol. The minimum atomic E-state index is -0.557. The highest BCUT2D eigenvalue weighted by Gasteiger charge is 2.54. The first-order valence-electron chi connectivity index (χ1n) is 15.5. The van der Waals surface area contributed by atoms with Crippen LogP contribution >= 0.6 is 11.6 Å². The monoisotopic (exact) mass is 624 g/mol. The molecular weight excluding hydrogens is 580 g/mol. The Morgan fingerprint density at radius 1 is 1.02 bits per heavy atom. The number of aromatic nitrogens is 4. The zero-order valence-corrected chi connectivity index (χ0v) is 27.9. The summed E-state index contributed by atoms with van der Waals surface area (Å²) in [6.07, 6.45) is 7.04. The molecule has 12 heteroatoms. The molecular formula is C32H45ClN8O3. The van der Waals surface area contributed by atoms with Crippen LogP contribution in [-0.2, 0) is 15.1 Å². The molecule has 5 heterocycles. The molecule has 1 spiro atoms. The van der Waals surface area contributed by atoms with Crippen LogP contribution in [0.2, 0.25) is 5.02 Å². The largest absolute Gasteiger partial charge is 0.444 e. The fourth-order valence-electron chi connectivity index (χ4n) is 5.96. The number of hydrogen-bond acceptors (Lipinski definition) is 8. The van der Waals surface area contributed by atoms with Gasteiger partial charge in [-0.1, -0.05) is 31.5 Å². The molecule has 0 N–H and O–H groups in total. The van der Waals surface area contributed by atoms with Gasteiger partial charge in [0.1, 0.15) is 16.3 Å². The first kappa shape index (κ1) is 31.8. The highest BCUT2D eigenvalue weighted by Crippen LogP contribution is 2.45. The Kier molecular flexibility index (Phi) is 8.48. The molecule has 44 heavy (non-hydrogen) atoms. The molecule has 238 valence electrons. The maximum Gasteiger partial charge on any atom is 0.410 e. The number of nitrogens with zero attached hydrogens (tertiary/aromatic N) is 8. The standard InChI is InChI=1S/C30H39ClN8O3.C2H6/c1-28(2,3)42-27(41)39-14-13-36(19-30(39)10-11-30)26-33-15-21(31)24(34-26)37-17-20(18-37)25(40)35(6)29(4,5)22-16-32-23-9-7-8-12-38(22)23;1-2/h7-9,12,15-16,20H,10-11,13-14,17-19H2,1-6H3;1-2H3. The van der Waals surface area contributed by atoms with Gasteiger partial charge in [0.2, 0.25) is 11.9 Å². The molecule has 0 atom stereocenters. The van der Waals surface area contributed by atoms with Gasteiger partial charge in [-0.2, -0.15) is 4.98 Å². The molecule has 2 saturated heterocycles. The summed E-state index contributed by atoms with van der Waals surface area (Å²) >= 11 is 6.56. The van der Waals surface area contributed by atoms with E-state index in [9.17, 15) is 9.59 Å². The van der Waals surface area contributed by atoms with Crippen LogP contribution in [0, 0.1) is 5.92 Å². The van der Waals surface area contributed by atoms with E-state index in [1.54, 1.807) is 6.20 Å². The van der Waals surface area contributed by atoms with Gasteiger partial charge < -0.3 is 23.8 Å². The third kappa shape index (κ3) is 5.90. The number of hydrogen-bond donors (Lipinski definition) is 0. The third-order valence-electron chi connectivity index (χ3n) is 8.83. The molecule has 0 radical (unpaired) electrons. The lowest BCUT2D eigenvalue weighted by molar-refractivity contribution is -0.140. The first-order valence-corrected chi connectivity index (χ1v) is 15.9. The molecule has 2 amide bonds. The molecule has 1 aliphatic carbocycles. The van der Waals surface area contributed by atoms with E-state index in [-0.39, 0.29) is 23.5 Å². The van der Waals surface area contributed by atoms with E-state index in [1.807, 2.05) is 105 Å². The number of piperazine rings is 1. The normalized spacial score (nSPS) is 18.1. The minimum absolute atomic E-state index is 0.0708. The van der Waals surface area contributed by atoms with Gasteiger partial charge >= 0.3 is 6.09 Å². The van der Waals surface area contributed by atoms with Crippen molar-refractivity contribution >= 4 is 41.0 Å². The molecule has 3 aliphatic rings. The first-order chi connectivity index (χ1) is 20.8. The van der Waals surface area contributed by atoms with Crippen LogP contribution in [-0.4, -0.2) is 92.1 Å². The Hall–Kier alpha value is -3.60. The zero-order valence-electron chi connectivity index (χ0n) is 27.2. The number of carbonyl (C=O) groups is 2. The number of anilines is 2. The van der Waals surface area contributed by atoms with Crippen molar-refractivity contribution in [1.82, 2.24) is 29.2 Å². The summed E-state index contributed by atoms with van der Waals surface area (Å²) in [5.74, 6) is 1.12. The highest BCUT2D eigenvalue weighted by molar-refractivity contribution is 6.32. The summed E-state index contributed by atoms with van der Waals surface area (Å²) in [5, 5.41) is 0.456. The number of imidazole rings is 1. The molecule has 0 unspecified atom stereocenters. The van der Waals surface area contributed by atoms with Crippen molar-refractivity contribution in [3.05, 3.63) is 47.5 Å². The Bertz CT molecular complexity index is 1520. The van der Waals surface area contributed by atoms with Crippen molar-refractivity contribution in [3.8, 4) is 0 Å². The van der Waals surface area contributed by atoms with E-state index in [0.29, 0.717) is 49.5 Å². The Morgan fingerprint density at radius 2 is 1.73 bits per heavy atom. The summed E-state index contributed by atoms with van der Waals surface area (Å²) in [6.45, 7) is 16.6. The average Bonchev–Trinajstić information content (AvgIpc) is 3.56. The van der Waals surface area contributed by atoms with Gasteiger partial charge in [0.15, 0.2) is 5.82 Å². The second-order valence-electron chi connectivity index (χ2n) is 13.2. The van der Waals surface area contributed by atoms with E-state index in [1.165, 1.54) is 0 Å². The number of ether oxygens (including phenoxy) is 1. The zero-order chi connectivity index (χ0) is 32.0. The topological polar surface area (TPSA) is 99.4 Å². The number of carbonyl (C=O) groups excluding carboxylic acids is 2. The van der Waals surface area contributed by atoms with Gasteiger partial charge in [0.25, 0.3) is 0 Å². The van der Waals surface area contributed by atoms with Crippen LogP contribution in [0.1, 0.15) is 67.0 Å². The molecule has 0 aromatic carbocycles. The van der Waals surface area contributed by atoms with E-state index in [4.69, 9.17) is 21.3 Å². The van der Waals surface area contributed by atoms with Crippen molar-refractivity contribution in [1.29, 1.82) is 0 Å². The fraction of sp³-hybridized carbons (Fsp3) is 0.594. The Labute approximate surface area is 265 Å². The minimum Gasteiger partial charge on any atom is -0.444 e. The van der Waals surface area contributed by atoms with Gasteiger partial charge in [-0.05, 0) is 59.6 Å². The highest BCUT2D eigenvalue weighted by atomic mass is 35.5. The van der Waals surface area contributed by atoms with Crippen LogP contribution < -0.4 is 9.80 Å². The quantitative estimate of drug-likeness (QED) is 0.381. The van der Waals surface area contributed by atoms with Crippen LogP contribution in [0.5, 0.6) is 0 Å². The summed E-state index contributed by atoms with van der Waals surface area (Å²) < 4.78 is 7.69. The molecule has 3 aromatic rings. The summed E-state index contributed by atoms with van der Waals surface area (Å²) in [7, 11) is 1.85. The number of pyridine rings is 1. The second-order valence-corrected chi connectivity index (χ2v) is 13.7. The van der Waals surface area contributed by atoms with Gasteiger partial charge in [-0.15, -0.1) is 0 Å². The van der Waals surface area contributed by atoms with Crippen LogP contribution in [0.25, 0.3) is 5.65 Å². The number of fused-ring (bicyclic) bond motifs is 1. The number of amides is 2. The van der Waals surface area contributed by atoms with Crippen molar-refractivity contribution < 1.29 is 14.3 Å². The summed E-state index contributed by atoms with van der Waals surface area (Å²) in [4.78, 5) is 48.2. The molecule has 3 aromatic heterocycles. The van der Waals surface area contributed by atoms with Gasteiger partial charge in [0, 0.05) is 46.0 Å². The number of halogens is 1. The molecule has 3 fully saturated rings. The molecule has 2 aliphatic heterocycles. The molecule has 0 bridgehead atoms. The second kappa shape index (κ2) is 11.7. The lowest BCUT2D eigenvalue weighted by Gasteiger charge is -2.45. The van der Waals surface area contributed by atoms with E-state index in [2.05, 4.69) is 14.9 Å². The molecule has 1 saturated carbocycles. The third-order valence-corrected chi connectivity index (χ3v) is 9.10. The van der Waals surface area contributed by atoms with Crippen molar-refractivity contribution in [3.63, 3.8) is 0 Å². The predicted octanol–water partition coefficient (Wildman–Crippen LogP) is 5.22. The summed E-state index contributed by atoms with van der Waals surface area (Å²) in [5.41, 5.74) is 0.472. The Morgan fingerprint density at radius 3 is 2.39 bits per heavy atom. The van der Waals surface area contributed by atoms with Crippen molar-refractivity contribution in [2.75, 3.05) is 49.6 Å². The van der Waals surface area contributed by atoms with E-state index >= 15 is 0 Å². The fourth-order valence-corrected chi connectivity index (χ4v) is 6.17. The smallest absolute Gasteiger partial charge is 0.410 e.